The Morgan fingerprint density at radius 1 is 1.47 bits per heavy atom. The minimum atomic E-state index is -0.0203. The molecule has 1 N–H and O–H groups in total. The number of carbonyl (C=O) groups excluding carboxylic acids is 1. The van der Waals surface area contributed by atoms with Crippen molar-refractivity contribution in [2.45, 2.75) is 13.8 Å². The van der Waals surface area contributed by atoms with E-state index in [1.54, 1.807) is 0 Å². The van der Waals surface area contributed by atoms with E-state index in [9.17, 15) is 4.79 Å². The predicted octanol–water partition coefficient (Wildman–Crippen LogP) is 1.21. The molecule has 1 saturated heterocycles. The number of ether oxygens (including phenoxy) is 1. The molecule has 0 saturated carbocycles. The van der Waals surface area contributed by atoms with Crippen LogP contribution in [0.15, 0.2) is 12.2 Å². The average molecular weight is 209 g/mol. The van der Waals surface area contributed by atoms with Crippen LogP contribution in [0.4, 0.5) is 0 Å². The van der Waals surface area contributed by atoms with Crippen LogP contribution in [-0.4, -0.2) is 25.7 Å². The molecule has 15 heavy (non-hydrogen) atoms. The standard InChI is InChI=1S/C12H19NO2/c1-3-15-12(14)11-8(2)4-5-9-6-13-7-10(9)11/h4-5,8-11,13H,3,6-7H2,1-2H3/t8-,9-,10+,11+/m0/s1. The third-order valence-corrected chi connectivity index (χ3v) is 3.56. The van der Waals surface area contributed by atoms with Crippen LogP contribution in [0.2, 0.25) is 0 Å². The Hall–Kier alpha value is -0.830. The fourth-order valence-electron chi connectivity index (χ4n) is 2.78. The van der Waals surface area contributed by atoms with Gasteiger partial charge in [0.15, 0.2) is 0 Å². The summed E-state index contributed by atoms with van der Waals surface area (Å²) in [7, 11) is 0. The molecular weight excluding hydrogens is 190 g/mol. The third kappa shape index (κ3) is 1.93. The van der Waals surface area contributed by atoms with E-state index in [4.69, 9.17) is 4.74 Å². The molecule has 0 aromatic carbocycles. The van der Waals surface area contributed by atoms with E-state index in [1.165, 1.54) is 0 Å². The highest BCUT2D eigenvalue weighted by molar-refractivity contribution is 5.74. The Labute approximate surface area is 90.9 Å². The first-order valence-electron chi connectivity index (χ1n) is 5.79. The first kappa shape index (κ1) is 10.7. The van der Waals surface area contributed by atoms with Gasteiger partial charge >= 0.3 is 5.97 Å². The van der Waals surface area contributed by atoms with Crippen molar-refractivity contribution in [3.8, 4) is 0 Å². The summed E-state index contributed by atoms with van der Waals surface area (Å²) in [5, 5.41) is 3.35. The third-order valence-electron chi connectivity index (χ3n) is 3.56. The minimum absolute atomic E-state index is 0.0203. The molecule has 1 aliphatic carbocycles. The van der Waals surface area contributed by atoms with Gasteiger partial charge in [0.2, 0.25) is 0 Å². The van der Waals surface area contributed by atoms with Crippen molar-refractivity contribution >= 4 is 5.97 Å². The van der Waals surface area contributed by atoms with Gasteiger partial charge in [0.05, 0.1) is 12.5 Å². The summed E-state index contributed by atoms with van der Waals surface area (Å²) in [4.78, 5) is 11.9. The maximum atomic E-state index is 11.9. The lowest BCUT2D eigenvalue weighted by Gasteiger charge is -2.32. The van der Waals surface area contributed by atoms with E-state index >= 15 is 0 Å². The zero-order chi connectivity index (χ0) is 10.8. The molecule has 2 aliphatic rings. The van der Waals surface area contributed by atoms with Gasteiger partial charge in [-0.05, 0) is 31.2 Å². The lowest BCUT2D eigenvalue weighted by molar-refractivity contribution is -0.151. The van der Waals surface area contributed by atoms with Crippen molar-refractivity contribution < 1.29 is 9.53 Å². The normalized spacial score (nSPS) is 38.8. The topological polar surface area (TPSA) is 38.3 Å². The van der Waals surface area contributed by atoms with Gasteiger partial charge in [-0.2, -0.15) is 0 Å². The summed E-state index contributed by atoms with van der Waals surface area (Å²) in [5.41, 5.74) is 0. The molecule has 1 aliphatic heterocycles. The van der Waals surface area contributed by atoms with Crippen LogP contribution < -0.4 is 5.32 Å². The molecule has 0 radical (unpaired) electrons. The summed E-state index contributed by atoms with van der Waals surface area (Å²) in [5.74, 6) is 1.30. The number of esters is 1. The molecule has 0 aromatic rings. The van der Waals surface area contributed by atoms with Gasteiger partial charge in [0.1, 0.15) is 0 Å². The Kier molecular flexibility index (Phi) is 3.10. The molecule has 0 unspecified atom stereocenters. The van der Waals surface area contributed by atoms with Crippen LogP contribution in [-0.2, 0) is 9.53 Å². The van der Waals surface area contributed by atoms with E-state index in [1.807, 2.05) is 6.92 Å². The number of hydrogen-bond acceptors (Lipinski definition) is 3. The lowest BCUT2D eigenvalue weighted by Crippen LogP contribution is -2.36. The van der Waals surface area contributed by atoms with Crippen molar-refractivity contribution in [3.63, 3.8) is 0 Å². The molecule has 3 nitrogen and oxygen atoms in total. The first-order chi connectivity index (χ1) is 7.24. The van der Waals surface area contributed by atoms with Gasteiger partial charge in [-0.25, -0.2) is 0 Å². The predicted molar refractivity (Wildman–Crippen MR) is 58.3 cm³/mol. The Bertz CT molecular complexity index is 275. The van der Waals surface area contributed by atoms with E-state index < -0.39 is 0 Å². The van der Waals surface area contributed by atoms with Crippen molar-refractivity contribution in [1.82, 2.24) is 5.32 Å². The smallest absolute Gasteiger partial charge is 0.309 e. The second-order valence-electron chi connectivity index (χ2n) is 4.51. The highest BCUT2D eigenvalue weighted by Crippen LogP contribution is 2.36. The number of nitrogens with one attached hydrogen (secondary N) is 1. The average Bonchev–Trinajstić information content (AvgIpc) is 2.65. The van der Waals surface area contributed by atoms with Gasteiger partial charge in [-0.15, -0.1) is 0 Å². The van der Waals surface area contributed by atoms with Crippen molar-refractivity contribution in [2.24, 2.45) is 23.7 Å². The SMILES string of the molecule is CCOC(=O)[C@H]1[C@@H]2CNC[C@@H]2C=C[C@@H]1C. The highest BCUT2D eigenvalue weighted by Gasteiger charge is 2.41. The van der Waals surface area contributed by atoms with Gasteiger partial charge in [-0.3, -0.25) is 4.79 Å². The molecule has 1 heterocycles. The van der Waals surface area contributed by atoms with Crippen molar-refractivity contribution in [1.29, 1.82) is 0 Å². The molecule has 2 rings (SSSR count). The van der Waals surface area contributed by atoms with Gasteiger partial charge in [0.25, 0.3) is 0 Å². The zero-order valence-electron chi connectivity index (χ0n) is 9.40. The molecule has 0 bridgehead atoms. The van der Waals surface area contributed by atoms with E-state index in [-0.39, 0.29) is 11.9 Å². The Morgan fingerprint density at radius 2 is 2.27 bits per heavy atom. The fraction of sp³-hybridized carbons (Fsp3) is 0.750. The van der Waals surface area contributed by atoms with Crippen LogP contribution in [0, 0.1) is 23.7 Å². The molecule has 0 aromatic heterocycles. The van der Waals surface area contributed by atoms with Crippen LogP contribution in [0.1, 0.15) is 13.8 Å². The quantitative estimate of drug-likeness (QED) is 0.548. The molecule has 1 fully saturated rings. The monoisotopic (exact) mass is 209 g/mol. The fourth-order valence-corrected chi connectivity index (χ4v) is 2.78. The molecule has 84 valence electrons. The van der Waals surface area contributed by atoms with Crippen LogP contribution in [0.25, 0.3) is 0 Å². The largest absolute Gasteiger partial charge is 0.466 e. The van der Waals surface area contributed by atoms with Gasteiger partial charge in [-0.1, -0.05) is 19.1 Å². The lowest BCUT2D eigenvalue weighted by atomic mass is 9.73. The van der Waals surface area contributed by atoms with Crippen LogP contribution in [0.3, 0.4) is 0 Å². The maximum Gasteiger partial charge on any atom is 0.309 e. The Balaban J connectivity index is 2.14. The molecule has 4 atom stereocenters. The summed E-state index contributed by atoms with van der Waals surface area (Å²) in [6, 6.07) is 0. The van der Waals surface area contributed by atoms with Crippen molar-refractivity contribution in [2.75, 3.05) is 19.7 Å². The van der Waals surface area contributed by atoms with E-state index in [0.29, 0.717) is 24.4 Å². The summed E-state index contributed by atoms with van der Waals surface area (Å²) < 4.78 is 5.16. The van der Waals surface area contributed by atoms with Gasteiger partial charge < -0.3 is 10.1 Å². The van der Waals surface area contributed by atoms with E-state index in [0.717, 1.165) is 13.1 Å². The summed E-state index contributed by atoms with van der Waals surface area (Å²) in [6.45, 7) is 6.40. The van der Waals surface area contributed by atoms with E-state index in [2.05, 4.69) is 24.4 Å². The second kappa shape index (κ2) is 4.35. The maximum absolute atomic E-state index is 11.9. The number of rotatable bonds is 2. The molecule has 0 spiro atoms. The second-order valence-corrected chi connectivity index (χ2v) is 4.51. The first-order valence-corrected chi connectivity index (χ1v) is 5.79. The molecule has 3 heteroatoms. The van der Waals surface area contributed by atoms with Crippen molar-refractivity contribution in [3.05, 3.63) is 12.2 Å². The molecule has 0 amide bonds. The van der Waals surface area contributed by atoms with Crippen LogP contribution in [0.5, 0.6) is 0 Å². The number of fused-ring (bicyclic) bond motifs is 1. The number of allylic oxidation sites excluding steroid dienone is 1. The number of carbonyl (C=O) groups is 1. The zero-order valence-corrected chi connectivity index (χ0v) is 9.40. The minimum Gasteiger partial charge on any atom is -0.466 e. The summed E-state index contributed by atoms with van der Waals surface area (Å²) >= 11 is 0. The van der Waals surface area contributed by atoms with Gasteiger partial charge in [0, 0.05) is 6.54 Å². The van der Waals surface area contributed by atoms with Crippen LogP contribution >= 0.6 is 0 Å². The highest BCUT2D eigenvalue weighted by atomic mass is 16.5. The Morgan fingerprint density at radius 3 is 3.00 bits per heavy atom. The molecular formula is C12H19NO2. The summed E-state index contributed by atoms with van der Waals surface area (Å²) in [6.07, 6.45) is 4.42. The number of hydrogen-bond donors (Lipinski definition) is 1.